The fraction of sp³-hybridized carbons (Fsp3) is 0.375. The number of aliphatic hydroxyl groups is 1. The molecule has 0 spiro atoms. The van der Waals surface area contributed by atoms with Crippen molar-refractivity contribution in [3.05, 3.63) is 108 Å². The summed E-state index contributed by atoms with van der Waals surface area (Å²) in [7, 11) is 0.00148. The molecule has 7 rings (SSSR count). The van der Waals surface area contributed by atoms with Crippen LogP contribution in [0.3, 0.4) is 0 Å². The molecule has 3 aromatic carbocycles. The Morgan fingerprint density at radius 3 is 2.11 bits per heavy atom. The van der Waals surface area contributed by atoms with Gasteiger partial charge in [-0.25, -0.2) is 23.4 Å². The molecule has 4 heterocycles. The van der Waals surface area contributed by atoms with Gasteiger partial charge in [-0.2, -0.15) is 0 Å². The van der Waals surface area contributed by atoms with Crippen molar-refractivity contribution in [3.8, 4) is 11.5 Å². The largest absolute Gasteiger partial charge is 0.497 e. The van der Waals surface area contributed by atoms with Gasteiger partial charge in [-0.05, 0) is 53.2 Å². The number of nitrogens with zero attached hydrogens (tertiary/aromatic N) is 5. The lowest BCUT2D eigenvalue weighted by molar-refractivity contribution is -0.118. The van der Waals surface area contributed by atoms with Crippen molar-refractivity contribution >= 4 is 50.1 Å². The van der Waals surface area contributed by atoms with Crippen LogP contribution in [0.5, 0.6) is 11.5 Å². The molecule has 4 atom stereocenters. The maximum atomic E-state index is 12.6. The molecular formula is C40H44N6O9S2. The number of thiocarbonyl (C=S) groups is 1. The van der Waals surface area contributed by atoms with Gasteiger partial charge in [-0.15, -0.1) is 0 Å². The number of rotatable bonds is 12. The van der Waals surface area contributed by atoms with Crippen molar-refractivity contribution in [1.82, 2.24) is 24.4 Å². The van der Waals surface area contributed by atoms with Gasteiger partial charge < -0.3 is 39.0 Å². The van der Waals surface area contributed by atoms with Gasteiger partial charge >= 0.3 is 0 Å². The number of hydrogen-bond acceptors (Lipinski definition) is 13. The van der Waals surface area contributed by atoms with Crippen molar-refractivity contribution in [2.75, 3.05) is 50.7 Å². The Bertz CT molecular complexity index is 2250. The average molecular weight is 817 g/mol. The van der Waals surface area contributed by atoms with E-state index in [1.165, 1.54) is 12.7 Å². The summed E-state index contributed by atoms with van der Waals surface area (Å²) in [6, 6.07) is 24.9. The predicted octanol–water partition coefficient (Wildman–Crippen LogP) is 4.11. The summed E-state index contributed by atoms with van der Waals surface area (Å²) in [5.74, 6) is 0.828. The molecule has 2 fully saturated rings. The summed E-state index contributed by atoms with van der Waals surface area (Å²) in [5.41, 5.74) is 1.77. The zero-order valence-corrected chi connectivity index (χ0v) is 33.5. The van der Waals surface area contributed by atoms with Gasteiger partial charge in [0.1, 0.15) is 35.6 Å². The molecule has 0 radical (unpaired) electrons. The molecule has 0 saturated carbocycles. The number of sulfone groups is 1. The van der Waals surface area contributed by atoms with Crippen LogP contribution in [0.1, 0.15) is 36.8 Å². The second-order valence-electron chi connectivity index (χ2n) is 14.0. The molecule has 57 heavy (non-hydrogen) atoms. The molecule has 15 nitrogen and oxygen atoms in total. The van der Waals surface area contributed by atoms with E-state index in [0.29, 0.717) is 22.7 Å². The van der Waals surface area contributed by atoms with E-state index in [0.717, 1.165) is 16.7 Å². The van der Waals surface area contributed by atoms with E-state index in [2.05, 4.69) is 20.3 Å². The molecule has 17 heteroatoms. The first kappa shape index (κ1) is 40.0. The Morgan fingerprint density at radius 1 is 0.930 bits per heavy atom. The number of benzene rings is 3. The number of nitrogens with one attached hydrogen (secondary N) is 1. The van der Waals surface area contributed by atoms with E-state index >= 15 is 0 Å². The van der Waals surface area contributed by atoms with Gasteiger partial charge in [0.25, 0.3) is 5.17 Å². The molecule has 2 aliphatic heterocycles. The lowest BCUT2D eigenvalue weighted by Crippen LogP contribution is -2.47. The highest BCUT2D eigenvalue weighted by molar-refractivity contribution is 7.91. The molecule has 2 aromatic heterocycles. The lowest BCUT2D eigenvalue weighted by atomic mass is 9.80. The normalized spacial score (nSPS) is 20.7. The molecule has 1 amide bonds. The van der Waals surface area contributed by atoms with Crippen molar-refractivity contribution in [1.29, 1.82) is 0 Å². The van der Waals surface area contributed by atoms with Crippen LogP contribution in [0.25, 0.3) is 11.2 Å². The lowest BCUT2D eigenvalue weighted by Gasteiger charge is -2.37. The number of methoxy groups -OCH3 is 2. The minimum absolute atomic E-state index is 0.0168. The first-order valence-corrected chi connectivity index (χ1v) is 20.6. The quantitative estimate of drug-likeness (QED) is 0.136. The van der Waals surface area contributed by atoms with Crippen LogP contribution < -0.4 is 14.8 Å². The highest BCUT2D eigenvalue weighted by atomic mass is 32.2. The van der Waals surface area contributed by atoms with Crippen LogP contribution in [-0.4, -0.2) is 113 Å². The summed E-state index contributed by atoms with van der Waals surface area (Å²) in [4.78, 5) is 27.5. The fourth-order valence-electron chi connectivity index (χ4n) is 6.96. The first-order chi connectivity index (χ1) is 27.4. The van der Waals surface area contributed by atoms with Crippen molar-refractivity contribution < 1.29 is 42.0 Å². The molecule has 0 unspecified atom stereocenters. The van der Waals surface area contributed by atoms with Gasteiger partial charge in [0.2, 0.25) is 5.91 Å². The summed E-state index contributed by atoms with van der Waals surface area (Å²) in [6.45, 7) is 3.68. The molecule has 2 N–H and O–H groups in total. The van der Waals surface area contributed by atoms with E-state index in [1.807, 2.05) is 78.9 Å². The van der Waals surface area contributed by atoms with Gasteiger partial charge in [-0.1, -0.05) is 68.4 Å². The number of hydrogen-bond donors (Lipinski definition) is 2. The molecular weight excluding hydrogens is 773 g/mol. The van der Waals surface area contributed by atoms with Crippen molar-refractivity contribution in [3.63, 3.8) is 0 Å². The zero-order chi connectivity index (χ0) is 40.3. The summed E-state index contributed by atoms with van der Waals surface area (Å²) >= 11 is 5.70. The molecule has 0 aliphatic carbocycles. The van der Waals surface area contributed by atoms with E-state index in [4.69, 9.17) is 35.9 Å². The smallest absolute Gasteiger partial charge is 0.259 e. The number of fused-ring (bicyclic) bond motifs is 1. The predicted molar refractivity (Wildman–Crippen MR) is 215 cm³/mol. The number of amides is 1. The highest BCUT2D eigenvalue weighted by Crippen LogP contribution is 2.43. The van der Waals surface area contributed by atoms with Crippen LogP contribution in [0.4, 0.5) is 5.82 Å². The maximum absolute atomic E-state index is 12.6. The zero-order valence-electron chi connectivity index (χ0n) is 31.8. The Balaban J connectivity index is 1.27. The number of anilines is 1. The van der Waals surface area contributed by atoms with Crippen LogP contribution in [0.2, 0.25) is 0 Å². The average Bonchev–Trinajstić information content (AvgIpc) is 3.79. The summed E-state index contributed by atoms with van der Waals surface area (Å²) < 4.78 is 57.1. The van der Waals surface area contributed by atoms with Crippen molar-refractivity contribution in [2.24, 2.45) is 5.92 Å². The van der Waals surface area contributed by atoms with Crippen molar-refractivity contribution in [2.45, 2.75) is 44.0 Å². The van der Waals surface area contributed by atoms with Gasteiger partial charge in [-0.3, -0.25) is 9.36 Å². The van der Waals surface area contributed by atoms with Gasteiger partial charge in [0, 0.05) is 19.0 Å². The Labute approximate surface area is 335 Å². The van der Waals surface area contributed by atoms with E-state index < -0.39 is 40.0 Å². The Kier molecular flexibility index (Phi) is 11.7. The topological polar surface area (TPSA) is 176 Å². The molecule has 5 aromatic rings. The SMILES string of the molecule is COc1ccc(C(OC[C@H]2O[C@@H](n3cnc4c(NC(=O)C(C)C)ncnc43)[C@H](OC(=S)N3CCS(=O)(=O)CC3)[C@@H]2O)(c2ccccc2)c2ccc(OC)cc2)cc1. The number of aliphatic hydroxyl groups excluding tert-OH is 1. The number of carbonyl (C=O) groups is 1. The molecule has 2 saturated heterocycles. The van der Waals surface area contributed by atoms with Crippen LogP contribution >= 0.6 is 12.2 Å². The molecule has 0 bridgehead atoms. The number of carbonyl (C=O) groups excluding carboxylic acids is 1. The van der Waals surface area contributed by atoms with Gasteiger partial charge in [0.15, 0.2) is 39.2 Å². The second-order valence-corrected chi connectivity index (χ2v) is 16.7. The monoisotopic (exact) mass is 816 g/mol. The van der Waals surface area contributed by atoms with Crippen LogP contribution in [0.15, 0.2) is 91.5 Å². The third-order valence-electron chi connectivity index (χ3n) is 10.2. The molecule has 300 valence electrons. The van der Waals surface area contributed by atoms with Gasteiger partial charge in [0.05, 0.1) is 38.7 Å². The third-order valence-corrected chi connectivity index (χ3v) is 12.2. The summed E-state index contributed by atoms with van der Waals surface area (Å²) in [5, 5.41) is 15.0. The van der Waals surface area contributed by atoms with Crippen LogP contribution in [-0.2, 0) is 34.4 Å². The number of imidazole rings is 1. The minimum Gasteiger partial charge on any atom is -0.497 e. The number of ether oxygens (including phenoxy) is 5. The third kappa shape index (κ3) is 8.15. The Morgan fingerprint density at radius 2 is 1.53 bits per heavy atom. The van der Waals surface area contributed by atoms with E-state index in [-0.39, 0.29) is 54.0 Å². The Hall–Kier alpha value is -5.20. The number of aromatic nitrogens is 4. The standard InChI is InChI=1S/C40H44N6O9S2/c1-25(2)37(48)44-35-32-36(42-23-41-35)46(24-43-32)38-34(55-39(56)45-18-20-57(49,50)21-19-45)33(47)31(54-38)22-53-40(26-8-6-5-7-9-26,27-10-14-29(51-3)15-11-27)28-12-16-30(52-4)17-13-28/h5-17,23-25,31,33-34,38,47H,18-22H2,1-4H3,(H,41,42,44,48)/t31-,33-,34-,38-/m1/s1. The first-order valence-electron chi connectivity index (χ1n) is 18.4. The molecule has 2 aliphatic rings. The second kappa shape index (κ2) is 16.7. The summed E-state index contributed by atoms with van der Waals surface area (Å²) in [6.07, 6.45) is -1.72. The highest BCUT2D eigenvalue weighted by Gasteiger charge is 2.50. The fourth-order valence-corrected chi connectivity index (χ4v) is 8.46. The van der Waals surface area contributed by atoms with Crippen LogP contribution in [0, 0.1) is 5.92 Å². The minimum atomic E-state index is -3.20. The maximum Gasteiger partial charge on any atom is 0.259 e. The van der Waals surface area contributed by atoms with E-state index in [1.54, 1.807) is 37.5 Å². The van der Waals surface area contributed by atoms with E-state index in [9.17, 15) is 18.3 Å².